The molecule has 4 heterocycles. The number of benzene rings is 1. The summed E-state index contributed by atoms with van der Waals surface area (Å²) < 4.78 is 18.1. The van der Waals surface area contributed by atoms with Crippen LogP contribution in [0, 0.1) is 6.92 Å². The second-order valence-corrected chi connectivity index (χ2v) is 8.75. The highest BCUT2D eigenvalue weighted by Crippen LogP contribution is 2.52. The van der Waals surface area contributed by atoms with Gasteiger partial charge in [0.25, 0.3) is 5.56 Å². The number of nitrogens with zero attached hydrogens (tertiary/aromatic N) is 2. The molecule has 1 atom stereocenters. The molecule has 3 aliphatic heterocycles. The van der Waals surface area contributed by atoms with Crippen LogP contribution in [0.25, 0.3) is 0 Å². The predicted octanol–water partition coefficient (Wildman–Crippen LogP) is 0.853. The zero-order chi connectivity index (χ0) is 24.7. The summed E-state index contributed by atoms with van der Waals surface area (Å²) in [4.78, 5) is 43.3. The molecule has 2 aromatic rings. The Bertz CT molecular complexity index is 1290. The molecule has 0 saturated carbocycles. The zero-order valence-electron chi connectivity index (χ0n) is 19.8. The van der Waals surface area contributed by atoms with E-state index in [1.54, 1.807) is 48.7 Å². The van der Waals surface area contributed by atoms with Gasteiger partial charge in [0.15, 0.2) is 0 Å². The fourth-order valence-electron chi connectivity index (χ4n) is 5.20. The molecule has 3 aliphatic rings. The normalized spacial score (nSPS) is 21.4. The lowest BCUT2D eigenvalue weighted by atomic mass is 9.68. The number of ether oxygens (including phenoxy) is 3. The van der Waals surface area contributed by atoms with Gasteiger partial charge in [-0.3, -0.25) is 14.5 Å². The van der Waals surface area contributed by atoms with E-state index in [1.165, 1.54) is 0 Å². The third-order valence-electron chi connectivity index (χ3n) is 6.83. The molecular formula is C25H28N4O6. The highest BCUT2D eigenvalue weighted by atomic mass is 16.5. The van der Waals surface area contributed by atoms with Gasteiger partial charge in [0.05, 0.1) is 25.4 Å². The molecular weight excluding hydrogens is 452 g/mol. The Kier molecular flexibility index (Phi) is 5.86. The Morgan fingerprint density at radius 3 is 2.69 bits per heavy atom. The molecule has 1 unspecified atom stereocenters. The number of hydrogen-bond acceptors (Lipinski definition) is 8. The van der Waals surface area contributed by atoms with Crippen molar-refractivity contribution in [1.82, 2.24) is 9.47 Å². The highest BCUT2D eigenvalue weighted by Gasteiger charge is 2.60. The van der Waals surface area contributed by atoms with Gasteiger partial charge in [0.1, 0.15) is 16.7 Å². The first-order chi connectivity index (χ1) is 16.9. The molecule has 0 aliphatic carbocycles. The number of aryl methyl sites for hydroxylation is 1. The van der Waals surface area contributed by atoms with E-state index in [4.69, 9.17) is 19.9 Å². The standard InChI is InChI=1S/C25H28N4O6/c1-3-34-23(31)20-21(26)35-18-14-15(2)29(9-8-28-10-12-33-13-11-28)22(30)19(18)25(20)16-6-4-5-7-17(16)27-24(25)32/h4-7,14H,3,8-13,26H2,1-2H3,(H,27,32). The Morgan fingerprint density at radius 1 is 1.20 bits per heavy atom. The maximum Gasteiger partial charge on any atom is 0.341 e. The fourth-order valence-corrected chi connectivity index (χ4v) is 5.20. The Labute approximate surface area is 202 Å². The van der Waals surface area contributed by atoms with Crippen molar-refractivity contribution in [2.45, 2.75) is 25.8 Å². The Morgan fingerprint density at radius 2 is 1.94 bits per heavy atom. The van der Waals surface area contributed by atoms with Crippen LogP contribution in [0.3, 0.4) is 0 Å². The summed E-state index contributed by atoms with van der Waals surface area (Å²) in [5.41, 5.74) is 5.55. The smallest absolute Gasteiger partial charge is 0.341 e. The number of morpholine rings is 1. The minimum absolute atomic E-state index is 0.0600. The van der Waals surface area contributed by atoms with Crippen LogP contribution in [0.4, 0.5) is 5.69 Å². The summed E-state index contributed by atoms with van der Waals surface area (Å²) >= 11 is 0. The molecule has 1 saturated heterocycles. The monoisotopic (exact) mass is 480 g/mol. The number of rotatable bonds is 5. The number of para-hydroxylation sites is 1. The minimum Gasteiger partial charge on any atom is -0.462 e. The van der Waals surface area contributed by atoms with Crippen molar-refractivity contribution in [1.29, 1.82) is 0 Å². The maximum atomic E-state index is 14.1. The summed E-state index contributed by atoms with van der Waals surface area (Å²) in [6.07, 6.45) is 0. The number of esters is 1. The van der Waals surface area contributed by atoms with Gasteiger partial charge in [0, 0.05) is 49.2 Å². The summed E-state index contributed by atoms with van der Waals surface area (Å²) in [7, 11) is 0. The van der Waals surface area contributed by atoms with Crippen molar-refractivity contribution in [3.63, 3.8) is 0 Å². The van der Waals surface area contributed by atoms with Crippen LogP contribution in [-0.4, -0.2) is 60.8 Å². The van der Waals surface area contributed by atoms with E-state index in [0.717, 1.165) is 13.1 Å². The minimum atomic E-state index is -1.79. The number of pyridine rings is 1. The van der Waals surface area contributed by atoms with Crippen molar-refractivity contribution >= 4 is 17.6 Å². The molecule has 0 bridgehead atoms. The number of carbonyl (C=O) groups excluding carboxylic acids is 2. The number of carbonyl (C=O) groups is 2. The van der Waals surface area contributed by atoms with E-state index < -0.39 is 22.9 Å². The van der Waals surface area contributed by atoms with Crippen LogP contribution in [0.2, 0.25) is 0 Å². The molecule has 0 radical (unpaired) electrons. The van der Waals surface area contributed by atoms with Crippen LogP contribution < -0.4 is 21.3 Å². The summed E-state index contributed by atoms with van der Waals surface area (Å²) in [6, 6.07) is 8.65. The van der Waals surface area contributed by atoms with Gasteiger partial charge in [-0.15, -0.1) is 0 Å². The third-order valence-corrected chi connectivity index (χ3v) is 6.83. The number of nitrogens with two attached hydrogens (primary N) is 1. The quantitative estimate of drug-likeness (QED) is 0.604. The average molecular weight is 481 g/mol. The van der Waals surface area contributed by atoms with Crippen molar-refractivity contribution in [3.8, 4) is 5.75 Å². The van der Waals surface area contributed by atoms with Gasteiger partial charge >= 0.3 is 5.97 Å². The SMILES string of the molecule is CCOC(=O)C1=C(N)Oc2cc(C)n(CCN3CCOCC3)c(=O)c2C12C(=O)Nc1ccccc12. The van der Waals surface area contributed by atoms with E-state index in [1.807, 2.05) is 0 Å². The molecule has 5 rings (SSSR count). The third kappa shape index (κ3) is 3.52. The van der Waals surface area contributed by atoms with Crippen LogP contribution >= 0.6 is 0 Å². The van der Waals surface area contributed by atoms with Gasteiger partial charge in [-0.25, -0.2) is 4.79 Å². The van der Waals surface area contributed by atoms with Crippen molar-refractivity contribution in [2.75, 3.05) is 44.8 Å². The largest absolute Gasteiger partial charge is 0.462 e. The zero-order valence-corrected chi connectivity index (χ0v) is 19.8. The molecule has 35 heavy (non-hydrogen) atoms. The lowest BCUT2D eigenvalue weighted by Gasteiger charge is -2.35. The number of hydrogen-bond donors (Lipinski definition) is 2. The van der Waals surface area contributed by atoms with Crippen molar-refractivity contribution in [3.05, 3.63) is 69.0 Å². The van der Waals surface area contributed by atoms with E-state index in [-0.39, 0.29) is 29.4 Å². The predicted molar refractivity (Wildman–Crippen MR) is 127 cm³/mol. The van der Waals surface area contributed by atoms with E-state index in [0.29, 0.717) is 43.2 Å². The molecule has 1 amide bonds. The lowest BCUT2D eigenvalue weighted by Crippen LogP contribution is -2.50. The molecule has 1 aromatic heterocycles. The van der Waals surface area contributed by atoms with Gasteiger partial charge in [-0.1, -0.05) is 18.2 Å². The van der Waals surface area contributed by atoms with Gasteiger partial charge in [-0.2, -0.15) is 0 Å². The lowest BCUT2D eigenvalue weighted by molar-refractivity contribution is -0.140. The number of fused-ring (bicyclic) bond motifs is 4. The Hall–Kier alpha value is -3.63. The van der Waals surface area contributed by atoms with Crippen molar-refractivity contribution in [2.24, 2.45) is 5.73 Å². The van der Waals surface area contributed by atoms with Gasteiger partial charge < -0.3 is 29.8 Å². The highest BCUT2D eigenvalue weighted by molar-refractivity contribution is 6.17. The summed E-state index contributed by atoms with van der Waals surface area (Å²) in [5.74, 6) is -1.45. The van der Waals surface area contributed by atoms with E-state index in [2.05, 4.69) is 10.2 Å². The fraction of sp³-hybridized carbons (Fsp3) is 0.400. The van der Waals surface area contributed by atoms with Gasteiger partial charge in [-0.05, 0) is 19.9 Å². The topological polar surface area (TPSA) is 125 Å². The first kappa shape index (κ1) is 23.1. The molecule has 10 heteroatoms. The maximum absolute atomic E-state index is 14.1. The van der Waals surface area contributed by atoms with Crippen LogP contribution in [0.15, 0.2) is 46.6 Å². The molecule has 184 valence electrons. The molecule has 1 aromatic carbocycles. The Balaban J connectivity index is 1.72. The van der Waals surface area contributed by atoms with Crippen LogP contribution in [0.5, 0.6) is 5.75 Å². The average Bonchev–Trinajstić information content (AvgIpc) is 3.11. The number of anilines is 1. The summed E-state index contributed by atoms with van der Waals surface area (Å²) in [6.45, 7) is 7.45. The second-order valence-electron chi connectivity index (χ2n) is 8.75. The van der Waals surface area contributed by atoms with E-state index in [9.17, 15) is 14.4 Å². The van der Waals surface area contributed by atoms with Crippen molar-refractivity contribution < 1.29 is 23.8 Å². The first-order valence-corrected chi connectivity index (χ1v) is 11.7. The van der Waals surface area contributed by atoms with E-state index >= 15 is 0 Å². The molecule has 1 spiro atoms. The van der Waals surface area contributed by atoms with Crippen LogP contribution in [-0.2, 0) is 31.0 Å². The summed E-state index contributed by atoms with van der Waals surface area (Å²) in [5, 5.41) is 2.83. The van der Waals surface area contributed by atoms with Gasteiger partial charge in [0.2, 0.25) is 11.8 Å². The molecule has 1 fully saturated rings. The molecule has 3 N–H and O–H groups in total. The number of aromatic nitrogens is 1. The van der Waals surface area contributed by atoms with Crippen LogP contribution in [0.1, 0.15) is 23.7 Å². The molecule has 10 nitrogen and oxygen atoms in total. The first-order valence-electron chi connectivity index (χ1n) is 11.7. The number of amides is 1. The number of nitrogens with one attached hydrogen (secondary N) is 1. The second kappa shape index (κ2) is 8.86.